The largest absolute Gasteiger partial charge is 0.494 e. The number of fused-ring (bicyclic) bond motifs is 5. The molecule has 0 bridgehead atoms. The number of benzene rings is 1. The molecule has 0 radical (unpaired) electrons. The average molecular weight is 295 g/mol. The zero-order valence-corrected chi connectivity index (χ0v) is 12.1. The molecule has 0 spiro atoms. The van der Waals surface area contributed by atoms with E-state index in [0.29, 0.717) is 22.5 Å². The summed E-state index contributed by atoms with van der Waals surface area (Å²) in [4.78, 5) is 19.7. The Kier molecular flexibility index (Phi) is 2.59. The van der Waals surface area contributed by atoms with E-state index < -0.39 is 0 Å². The highest BCUT2D eigenvalue weighted by atomic mass is 16.5. The molecule has 0 aliphatic rings. The molecule has 0 aliphatic carbocycles. The van der Waals surface area contributed by atoms with Crippen molar-refractivity contribution >= 4 is 27.5 Å². The van der Waals surface area contributed by atoms with Crippen molar-refractivity contribution in [2.45, 2.75) is 0 Å². The van der Waals surface area contributed by atoms with Crippen molar-refractivity contribution < 1.29 is 9.47 Å². The van der Waals surface area contributed by atoms with E-state index in [4.69, 9.17) is 9.47 Å². The maximum atomic E-state index is 12.5. The smallest absolute Gasteiger partial charge is 0.273 e. The van der Waals surface area contributed by atoms with Crippen LogP contribution >= 0.6 is 0 Å². The molecule has 6 nitrogen and oxygen atoms in total. The molecular weight excluding hydrogens is 282 g/mol. The second-order valence-electron chi connectivity index (χ2n) is 4.93. The normalized spacial score (nSPS) is 11.4. The van der Waals surface area contributed by atoms with Crippen molar-refractivity contribution in [3.63, 3.8) is 0 Å². The molecule has 0 unspecified atom stereocenters. The summed E-state index contributed by atoms with van der Waals surface area (Å²) in [5, 5.41) is 0.801. The molecule has 110 valence electrons. The summed E-state index contributed by atoms with van der Waals surface area (Å²) in [6.45, 7) is 0. The molecule has 4 rings (SSSR count). The summed E-state index contributed by atoms with van der Waals surface area (Å²) < 4.78 is 12.6. The predicted molar refractivity (Wildman–Crippen MR) is 83.9 cm³/mol. The Bertz CT molecular complexity index is 1080. The molecule has 0 fully saturated rings. The molecule has 6 heteroatoms. The molecular formula is C16H13N3O3. The van der Waals surface area contributed by atoms with Crippen molar-refractivity contribution in [1.82, 2.24) is 14.4 Å². The van der Waals surface area contributed by atoms with Gasteiger partial charge in [0.05, 0.1) is 19.7 Å². The number of methoxy groups -OCH3 is 2. The number of nitrogens with zero attached hydrogens (tertiary/aromatic N) is 2. The van der Waals surface area contributed by atoms with E-state index >= 15 is 0 Å². The highest BCUT2D eigenvalue weighted by Gasteiger charge is 2.16. The van der Waals surface area contributed by atoms with Gasteiger partial charge in [0.15, 0.2) is 0 Å². The molecule has 22 heavy (non-hydrogen) atoms. The molecule has 0 saturated heterocycles. The monoisotopic (exact) mass is 295 g/mol. The molecule has 0 amide bonds. The lowest BCUT2D eigenvalue weighted by atomic mass is 10.2. The van der Waals surface area contributed by atoms with Crippen LogP contribution in [0.1, 0.15) is 0 Å². The molecule has 3 aromatic heterocycles. The van der Waals surface area contributed by atoms with E-state index in [-0.39, 0.29) is 5.56 Å². The van der Waals surface area contributed by atoms with Gasteiger partial charge in [0.25, 0.3) is 5.56 Å². The number of hydrogen-bond acceptors (Lipinski definition) is 4. The van der Waals surface area contributed by atoms with E-state index in [0.717, 1.165) is 16.4 Å². The van der Waals surface area contributed by atoms with Gasteiger partial charge in [0, 0.05) is 17.8 Å². The third-order valence-corrected chi connectivity index (χ3v) is 3.82. The van der Waals surface area contributed by atoms with Crippen LogP contribution < -0.4 is 15.0 Å². The minimum Gasteiger partial charge on any atom is -0.494 e. The summed E-state index contributed by atoms with van der Waals surface area (Å²) in [5.41, 5.74) is 2.45. The first kappa shape index (κ1) is 12.7. The van der Waals surface area contributed by atoms with Crippen molar-refractivity contribution in [1.29, 1.82) is 0 Å². The number of aromatic amines is 1. The van der Waals surface area contributed by atoms with Crippen LogP contribution in [0.2, 0.25) is 0 Å². The van der Waals surface area contributed by atoms with Gasteiger partial charge in [0.2, 0.25) is 0 Å². The van der Waals surface area contributed by atoms with Crippen LogP contribution in [-0.4, -0.2) is 28.6 Å². The maximum absolute atomic E-state index is 12.5. The fourth-order valence-electron chi connectivity index (χ4n) is 2.87. The van der Waals surface area contributed by atoms with Crippen LogP contribution in [0.4, 0.5) is 0 Å². The summed E-state index contributed by atoms with van der Waals surface area (Å²) in [6, 6.07) is 7.28. The topological polar surface area (TPSA) is 68.6 Å². The number of pyridine rings is 1. The Morgan fingerprint density at radius 3 is 2.64 bits per heavy atom. The second-order valence-corrected chi connectivity index (χ2v) is 4.93. The van der Waals surface area contributed by atoms with Crippen molar-refractivity contribution in [2.24, 2.45) is 0 Å². The van der Waals surface area contributed by atoms with Gasteiger partial charge >= 0.3 is 0 Å². The van der Waals surface area contributed by atoms with Crippen LogP contribution in [0, 0.1) is 0 Å². The van der Waals surface area contributed by atoms with Gasteiger partial charge in [-0.1, -0.05) is 0 Å². The van der Waals surface area contributed by atoms with Crippen molar-refractivity contribution in [2.75, 3.05) is 14.2 Å². The Labute approximate surface area is 124 Å². The van der Waals surface area contributed by atoms with E-state index in [9.17, 15) is 4.79 Å². The first-order chi connectivity index (χ1) is 10.7. The highest BCUT2D eigenvalue weighted by Crippen LogP contribution is 2.32. The zero-order valence-electron chi connectivity index (χ0n) is 12.1. The quantitative estimate of drug-likeness (QED) is 0.616. The van der Waals surface area contributed by atoms with E-state index in [2.05, 4.69) is 9.97 Å². The number of hydrogen-bond donors (Lipinski definition) is 1. The fraction of sp³-hybridized carbons (Fsp3) is 0.125. The lowest BCUT2D eigenvalue weighted by molar-refractivity contribution is 0.408. The van der Waals surface area contributed by atoms with Gasteiger partial charge in [0.1, 0.15) is 28.0 Å². The van der Waals surface area contributed by atoms with Crippen molar-refractivity contribution in [3.8, 4) is 11.5 Å². The predicted octanol–water partition coefficient (Wildman–Crippen LogP) is 2.35. The molecule has 1 aromatic carbocycles. The van der Waals surface area contributed by atoms with Crippen LogP contribution in [0.3, 0.4) is 0 Å². The zero-order chi connectivity index (χ0) is 15.3. The van der Waals surface area contributed by atoms with Gasteiger partial charge in [-0.25, -0.2) is 0 Å². The van der Waals surface area contributed by atoms with Gasteiger partial charge < -0.3 is 18.9 Å². The summed E-state index contributed by atoms with van der Waals surface area (Å²) in [5.74, 6) is 1.23. The first-order valence-corrected chi connectivity index (χ1v) is 6.77. The van der Waals surface area contributed by atoms with E-state index in [1.807, 2.05) is 28.8 Å². The SMILES string of the molecule is COc1ccc(OC)c2c1[nH]c(=O)c1c3cccnc3cn21. The molecule has 0 aliphatic heterocycles. The van der Waals surface area contributed by atoms with Crippen molar-refractivity contribution in [3.05, 3.63) is 47.0 Å². The van der Waals surface area contributed by atoms with E-state index in [1.165, 1.54) is 0 Å². The molecule has 4 aromatic rings. The van der Waals surface area contributed by atoms with Gasteiger partial charge in [-0.05, 0) is 24.3 Å². The lowest BCUT2D eigenvalue weighted by Gasteiger charge is -2.11. The minimum absolute atomic E-state index is 0.193. The number of aromatic nitrogens is 3. The minimum atomic E-state index is -0.193. The van der Waals surface area contributed by atoms with Crippen LogP contribution in [-0.2, 0) is 0 Å². The Hall–Kier alpha value is -3.02. The van der Waals surface area contributed by atoms with Gasteiger partial charge in [-0.3, -0.25) is 9.78 Å². The summed E-state index contributed by atoms with van der Waals surface area (Å²) in [6.07, 6.45) is 3.54. The average Bonchev–Trinajstić information content (AvgIpc) is 2.94. The number of nitrogens with one attached hydrogen (secondary N) is 1. The molecule has 0 saturated carbocycles. The molecule has 3 heterocycles. The second kappa shape index (κ2) is 4.49. The Morgan fingerprint density at radius 1 is 1.09 bits per heavy atom. The number of ether oxygens (including phenoxy) is 2. The standard InChI is InChI=1S/C16H13N3O3/c1-21-11-5-6-12(22-2)15-13(11)18-16(20)14-9-4-3-7-17-10(9)8-19(14)15/h3-8H,1-2H3,(H,18,20). The van der Waals surface area contributed by atoms with Crippen LogP contribution in [0.15, 0.2) is 41.5 Å². The van der Waals surface area contributed by atoms with Crippen LogP contribution in [0.25, 0.3) is 27.5 Å². The maximum Gasteiger partial charge on any atom is 0.273 e. The summed E-state index contributed by atoms with van der Waals surface area (Å²) >= 11 is 0. The third kappa shape index (κ3) is 1.54. The van der Waals surface area contributed by atoms with Gasteiger partial charge in [-0.15, -0.1) is 0 Å². The lowest BCUT2D eigenvalue weighted by Crippen LogP contribution is -2.11. The summed E-state index contributed by atoms with van der Waals surface area (Å²) in [7, 11) is 3.16. The number of H-pyrrole nitrogens is 1. The third-order valence-electron chi connectivity index (χ3n) is 3.82. The Morgan fingerprint density at radius 2 is 1.86 bits per heavy atom. The molecule has 0 atom stereocenters. The fourth-order valence-corrected chi connectivity index (χ4v) is 2.87. The highest BCUT2D eigenvalue weighted by molar-refractivity contribution is 5.99. The number of rotatable bonds is 2. The van der Waals surface area contributed by atoms with Crippen LogP contribution in [0.5, 0.6) is 11.5 Å². The first-order valence-electron chi connectivity index (χ1n) is 6.77. The van der Waals surface area contributed by atoms with Gasteiger partial charge in [-0.2, -0.15) is 0 Å². The van der Waals surface area contributed by atoms with E-state index in [1.54, 1.807) is 26.5 Å². The molecule has 1 N–H and O–H groups in total. The Balaban J connectivity index is 2.35.